The molecule has 2 aromatic rings. The van der Waals surface area contributed by atoms with Gasteiger partial charge in [-0.1, -0.05) is 0 Å². The molecule has 0 saturated heterocycles. The Morgan fingerprint density at radius 3 is 2.81 bits per heavy atom. The highest BCUT2D eigenvalue weighted by atomic mass is 19.4. The molecule has 3 heterocycles. The van der Waals surface area contributed by atoms with Gasteiger partial charge in [-0.2, -0.15) is 18.2 Å². The number of nitrogens with one attached hydrogen (secondary N) is 1. The summed E-state index contributed by atoms with van der Waals surface area (Å²) in [4.78, 5) is 14.3. The first-order chi connectivity index (χ1) is 9.86. The Morgan fingerprint density at radius 1 is 1.48 bits per heavy atom. The molecular weight excluding hydrogens is 293 g/mol. The van der Waals surface area contributed by atoms with Crippen LogP contribution in [0.1, 0.15) is 17.6 Å². The number of hydrogen-bond donors (Lipinski definition) is 2. The first kappa shape index (κ1) is 13.2. The summed E-state index contributed by atoms with van der Waals surface area (Å²) >= 11 is 0. The van der Waals surface area contributed by atoms with Crippen LogP contribution in [-0.2, 0) is 11.0 Å². The van der Waals surface area contributed by atoms with Crippen LogP contribution in [0.4, 0.5) is 19.1 Å². The maximum Gasteiger partial charge on any atom is 0.453 e. The number of aromatic nitrogens is 3. The third kappa shape index (κ3) is 2.24. The third-order valence-corrected chi connectivity index (χ3v) is 2.78. The Balaban J connectivity index is 2.11. The first-order valence-corrected chi connectivity index (χ1v) is 5.65. The number of fused-ring (bicyclic) bond motifs is 1. The Bertz CT molecular complexity index is 718. The molecule has 0 bridgehead atoms. The highest BCUT2D eigenvalue weighted by Gasteiger charge is 2.39. The molecule has 1 atom stereocenters. The summed E-state index contributed by atoms with van der Waals surface area (Å²) in [5.74, 6) is -2.75. The minimum atomic E-state index is -4.73. The monoisotopic (exact) mass is 300 g/mol. The molecule has 1 unspecified atom stereocenters. The van der Waals surface area contributed by atoms with Gasteiger partial charge in [0.25, 0.3) is 5.82 Å². The Morgan fingerprint density at radius 2 is 2.24 bits per heavy atom. The lowest BCUT2D eigenvalue weighted by atomic mass is 10.1. The number of aliphatic carboxylic acids is 1. The molecule has 3 rings (SSSR count). The van der Waals surface area contributed by atoms with E-state index in [4.69, 9.17) is 9.52 Å². The van der Waals surface area contributed by atoms with E-state index < -0.39 is 24.0 Å². The van der Waals surface area contributed by atoms with Crippen LogP contribution in [-0.4, -0.2) is 25.8 Å². The molecule has 1 aliphatic rings. The quantitative estimate of drug-likeness (QED) is 0.879. The lowest BCUT2D eigenvalue weighted by Crippen LogP contribution is -2.24. The van der Waals surface area contributed by atoms with E-state index >= 15 is 0 Å². The van der Waals surface area contributed by atoms with Gasteiger partial charge in [-0.25, -0.2) is 9.48 Å². The molecule has 2 N–H and O–H groups in total. The molecule has 0 saturated carbocycles. The molecule has 1 aliphatic heterocycles. The first-order valence-electron chi connectivity index (χ1n) is 5.65. The van der Waals surface area contributed by atoms with E-state index in [0.717, 1.165) is 4.68 Å². The van der Waals surface area contributed by atoms with Gasteiger partial charge >= 0.3 is 12.1 Å². The van der Waals surface area contributed by atoms with Crippen LogP contribution >= 0.6 is 0 Å². The Labute approximate surface area is 114 Å². The van der Waals surface area contributed by atoms with Gasteiger partial charge < -0.3 is 14.8 Å². The zero-order valence-electron chi connectivity index (χ0n) is 10.1. The third-order valence-electron chi connectivity index (χ3n) is 2.78. The summed E-state index contributed by atoms with van der Waals surface area (Å²) in [7, 11) is 0. The summed E-state index contributed by atoms with van der Waals surface area (Å²) in [6.45, 7) is 0. The van der Waals surface area contributed by atoms with Crippen molar-refractivity contribution >= 4 is 11.9 Å². The number of furan rings is 1. The van der Waals surface area contributed by atoms with Crippen LogP contribution in [0.15, 0.2) is 34.6 Å². The van der Waals surface area contributed by atoms with E-state index in [1.165, 1.54) is 24.5 Å². The van der Waals surface area contributed by atoms with Crippen molar-refractivity contribution in [3.8, 4) is 0 Å². The van der Waals surface area contributed by atoms with Crippen molar-refractivity contribution in [1.29, 1.82) is 0 Å². The molecule has 0 fully saturated rings. The number of rotatable bonds is 2. The molecule has 10 heteroatoms. The fourth-order valence-electron chi connectivity index (χ4n) is 1.90. The van der Waals surface area contributed by atoms with Gasteiger partial charge in [0.1, 0.15) is 17.5 Å². The second-order valence-electron chi connectivity index (χ2n) is 4.17. The Hall–Kier alpha value is -2.78. The normalized spacial score (nSPS) is 17.9. The molecular formula is C11H7F3N4O3. The number of anilines is 1. The second kappa shape index (κ2) is 4.36. The second-order valence-corrected chi connectivity index (χ2v) is 4.17. The average molecular weight is 300 g/mol. The summed E-state index contributed by atoms with van der Waals surface area (Å²) in [5.41, 5.74) is -0.301. The van der Waals surface area contributed by atoms with E-state index in [0.29, 0.717) is 0 Å². The highest BCUT2D eigenvalue weighted by Crippen LogP contribution is 2.33. The predicted octanol–water partition coefficient (Wildman–Crippen LogP) is 1.87. The molecule has 110 valence electrons. The van der Waals surface area contributed by atoms with Crippen LogP contribution in [0.3, 0.4) is 0 Å². The summed E-state index contributed by atoms with van der Waals surface area (Å²) in [6.07, 6.45) is -2.21. The van der Waals surface area contributed by atoms with Crippen LogP contribution in [0.5, 0.6) is 0 Å². The van der Waals surface area contributed by atoms with Gasteiger partial charge in [0.15, 0.2) is 0 Å². The summed E-state index contributed by atoms with van der Waals surface area (Å²) in [5, 5.41) is 14.7. The van der Waals surface area contributed by atoms with Gasteiger partial charge in [-0.15, -0.1) is 5.10 Å². The Kier molecular flexibility index (Phi) is 2.75. The number of carboxylic acid groups (broad SMARTS) is 1. The fourth-order valence-corrected chi connectivity index (χ4v) is 1.90. The smallest absolute Gasteiger partial charge is 0.453 e. The maximum absolute atomic E-state index is 12.7. The zero-order valence-corrected chi connectivity index (χ0v) is 10.1. The van der Waals surface area contributed by atoms with E-state index in [1.54, 1.807) is 0 Å². The molecule has 7 nitrogen and oxygen atoms in total. The maximum atomic E-state index is 12.7. The SMILES string of the molecule is O=C(O)C1=CC(c2ccco2)n2nc(C(F)(F)F)nc2N1. The number of hydrogen-bond acceptors (Lipinski definition) is 5. The molecule has 0 aromatic carbocycles. The van der Waals surface area contributed by atoms with Crippen LogP contribution in [0.25, 0.3) is 0 Å². The van der Waals surface area contributed by atoms with Crippen molar-refractivity contribution in [1.82, 2.24) is 14.8 Å². The van der Waals surface area contributed by atoms with Crippen molar-refractivity contribution in [2.75, 3.05) is 5.32 Å². The molecule has 0 amide bonds. The van der Waals surface area contributed by atoms with Crippen LogP contribution in [0.2, 0.25) is 0 Å². The van der Waals surface area contributed by atoms with E-state index in [2.05, 4.69) is 15.4 Å². The van der Waals surface area contributed by atoms with Crippen molar-refractivity contribution in [3.05, 3.63) is 41.8 Å². The van der Waals surface area contributed by atoms with E-state index in [-0.39, 0.29) is 17.4 Å². The standard InChI is InChI=1S/C11H7F3N4O3/c12-11(13,14)9-16-10-15-5(8(19)20)4-6(18(10)17-9)7-2-1-3-21-7/h1-4,6H,(H,19,20)(H,15,16,17). The summed E-state index contributed by atoms with van der Waals surface area (Å²) < 4.78 is 44.1. The fraction of sp³-hybridized carbons (Fsp3) is 0.182. The lowest BCUT2D eigenvalue weighted by molar-refractivity contribution is -0.145. The number of carbonyl (C=O) groups is 1. The number of allylic oxidation sites excluding steroid dienone is 1. The predicted molar refractivity (Wildman–Crippen MR) is 61.2 cm³/mol. The van der Waals surface area contributed by atoms with Gasteiger partial charge in [0, 0.05) is 0 Å². The van der Waals surface area contributed by atoms with Crippen LogP contribution < -0.4 is 5.32 Å². The molecule has 0 spiro atoms. The van der Waals surface area contributed by atoms with Gasteiger partial charge in [0.05, 0.1) is 6.26 Å². The van der Waals surface area contributed by atoms with Gasteiger partial charge in [-0.3, -0.25) is 0 Å². The van der Waals surface area contributed by atoms with Crippen molar-refractivity contribution in [3.63, 3.8) is 0 Å². The molecule has 0 aliphatic carbocycles. The molecule has 21 heavy (non-hydrogen) atoms. The van der Waals surface area contributed by atoms with Crippen molar-refractivity contribution in [2.45, 2.75) is 12.2 Å². The number of nitrogens with zero attached hydrogens (tertiary/aromatic N) is 3. The van der Waals surface area contributed by atoms with Crippen molar-refractivity contribution < 1.29 is 27.5 Å². The molecule has 0 radical (unpaired) electrons. The van der Waals surface area contributed by atoms with Gasteiger partial charge in [0.2, 0.25) is 5.95 Å². The number of alkyl halides is 3. The van der Waals surface area contributed by atoms with Crippen molar-refractivity contribution in [2.24, 2.45) is 0 Å². The minimum Gasteiger partial charge on any atom is -0.477 e. The highest BCUT2D eigenvalue weighted by molar-refractivity contribution is 5.90. The number of halogens is 3. The summed E-state index contributed by atoms with van der Waals surface area (Å²) in [6, 6.07) is 2.11. The van der Waals surface area contributed by atoms with Crippen LogP contribution in [0, 0.1) is 0 Å². The minimum absolute atomic E-state index is 0.245. The van der Waals surface area contributed by atoms with Gasteiger partial charge in [-0.05, 0) is 18.2 Å². The van der Waals surface area contributed by atoms with E-state index in [1.807, 2.05) is 0 Å². The molecule has 2 aromatic heterocycles. The lowest BCUT2D eigenvalue weighted by Gasteiger charge is -2.20. The number of carboxylic acids is 1. The zero-order chi connectivity index (χ0) is 15.2. The topological polar surface area (TPSA) is 93.2 Å². The van der Waals surface area contributed by atoms with E-state index in [9.17, 15) is 18.0 Å². The average Bonchev–Trinajstić information content (AvgIpc) is 3.05. The largest absolute Gasteiger partial charge is 0.477 e.